The van der Waals surface area contributed by atoms with E-state index in [-0.39, 0.29) is 18.0 Å². The van der Waals surface area contributed by atoms with Gasteiger partial charge in [0.1, 0.15) is 5.92 Å². The van der Waals surface area contributed by atoms with Crippen LogP contribution in [0.5, 0.6) is 0 Å². The summed E-state index contributed by atoms with van der Waals surface area (Å²) in [5, 5.41) is 9.36. The molecule has 1 aliphatic rings. The molecule has 3 heteroatoms. The second kappa shape index (κ2) is 5.88. The lowest BCUT2D eigenvalue weighted by molar-refractivity contribution is -0.137. The molecule has 0 aliphatic carbocycles. The van der Waals surface area contributed by atoms with E-state index < -0.39 is 5.92 Å². The lowest BCUT2D eigenvalue weighted by Gasteiger charge is -2.40. The van der Waals surface area contributed by atoms with Crippen LogP contribution in [-0.2, 0) is 4.79 Å². The van der Waals surface area contributed by atoms with E-state index in [4.69, 9.17) is 0 Å². The number of nitriles is 1. The van der Waals surface area contributed by atoms with Crippen LogP contribution in [0.15, 0.2) is 30.3 Å². The smallest absolute Gasteiger partial charge is 0.244 e. The van der Waals surface area contributed by atoms with Crippen molar-refractivity contribution >= 4 is 5.91 Å². The van der Waals surface area contributed by atoms with Crippen LogP contribution in [0.25, 0.3) is 0 Å². The van der Waals surface area contributed by atoms with Gasteiger partial charge in [-0.3, -0.25) is 4.79 Å². The Bertz CT molecular complexity index is 467. The molecule has 1 saturated heterocycles. The largest absolute Gasteiger partial charge is 0.336 e. The van der Waals surface area contributed by atoms with Crippen LogP contribution in [-0.4, -0.2) is 22.9 Å². The summed E-state index contributed by atoms with van der Waals surface area (Å²) in [6, 6.07) is 12.0. The van der Waals surface area contributed by atoms with Crippen molar-refractivity contribution in [2.45, 2.75) is 51.1 Å². The molecule has 3 nitrogen and oxygen atoms in total. The SMILES string of the molecule is C[C@@H]1CCC[C@H](C)N1C(=O)C(C#N)c1ccccc1. The summed E-state index contributed by atoms with van der Waals surface area (Å²) in [5.41, 5.74) is 0.792. The maximum absolute atomic E-state index is 12.7. The van der Waals surface area contributed by atoms with Gasteiger partial charge in [-0.05, 0) is 38.7 Å². The first kappa shape index (κ1) is 13.6. The quantitative estimate of drug-likeness (QED) is 0.816. The van der Waals surface area contributed by atoms with Crippen molar-refractivity contribution in [3.63, 3.8) is 0 Å². The minimum absolute atomic E-state index is 0.0478. The maximum Gasteiger partial charge on any atom is 0.244 e. The summed E-state index contributed by atoms with van der Waals surface area (Å²) in [6.07, 6.45) is 3.22. The van der Waals surface area contributed by atoms with Gasteiger partial charge < -0.3 is 4.90 Å². The number of rotatable bonds is 2. The molecular formula is C16H20N2O. The molecule has 100 valence electrons. The van der Waals surface area contributed by atoms with Gasteiger partial charge in [0.05, 0.1) is 6.07 Å². The van der Waals surface area contributed by atoms with E-state index in [1.54, 1.807) is 0 Å². The van der Waals surface area contributed by atoms with Crippen LogP contribution < -0.4 is 0 Å². The van der Waals surface area contributed by atoms with E-state index in [1.807, 2.05) is 35.2 Å². The van der Waals surface area contributed by atoms with Crippen molar-refractivity contribution in [1.82, 2.24) is 4.90 Å². The number of amides is 1. The van der Waals surface area contributed by atoms with E-state index >= 15 is 0 Å². The number of carbonyl (C=O) groups excluding carboxylic acids is 1. The van der Waals surface area contributed by atoms with Gasteiger partial charge in [-0.25, -0.2) is 0 Å². The second-order valence-corrected chi connectivity index (χ2v) is 5.35. The molecule has 19 heavy (non-hydrogen) atoms. The van der Waals surface area contributed by atoms with Crippen molar-refractivity contribution in [3.8, 4) is 6.07 Å². The van der Waals surface area contributed by atoms with Crippen LogP contribution in [0.3, 0.4) is 0 Å². The molecule has 0 radical (unpaired) electrons. The van der Waals surface area contributed by atoms with Gasteiger partial charge in [-0.15, -0.1) is 0 Å². The third-order valence-corrected chi connectivity index (χ3v) is 3.96. The molecule has 1 heterocycles. The van der Waals surface area contributed by atoms with Gasteiger partial charge in [0, 0.05) is 12.1 Å². The van der Waals surface area contributed by atoms with Crippen molar-refractivity contribution in [3.05, 3.63) is 35.9 Å². The summed E-state index contributed by atoms with van der Waals surface area (Å²) < 4.78 is 0. The number of piperidine rings is 1. The van der Waals surface area contributed by atoms with Crippen LogP contribution in [0.2, 0.25) is 0 Å². The fourth-order valence-electron chi connectivity index (χ4n) is 2.92. The third-order valence-electron chi connectivity index (χ3n) is 3.96. The molecule has 1 unspecified atom stereocenters. The maximum atomic E-state index is 12.7. The normalized spacial score (nSPS) is 24.6. The predicted molar refractivity (Wildman–Crippen MR) is 74.4 cm³/mol. The first-order chi connectivity index (χ1) is 9.15. The number of hydrogen-bond acceptors (Lipinski definition) is 2. The minimum Gasteiger partial charge on any atom is -0.336 e. The van der Waals surface area contributed by atoms with E-state index in [2.05, 4.69) is 19.9 Å². The van der Waals surface area contributed by atoms with E-state index in [9.17, 15) is 10.1 Å². The Morgan fingerprint density at radius 3 is 2.37 bits per heavy atom. The highest BCUT2D eigenvalue weighted by Gasteiger charge is 2.34. The molecule has 0 bridgehead atoms. The fourth-order valence-corrected chi connectivity index (χ4v) is 2.92. The average Bonchev–Trinajstić information content (AvgIpc) is 2.40. The van der Waals surface area contributed by atoms with Crippen molar-refractivity contribution in [1.29, 1.82) is 5.26 Å². The molecular weight excluding hydrogens is 236 g/mol. The molecule has 1 aromatic rings. The molecule has 3 atom stereocenters. The molecule has 2 rings (SSSR count). The van der Waals surface area contributed by atoms with Gasteiger partial charge in [-0.1, -0.05) is 30.3 Å². The van der Waals surface area contributed by atoms with Gasteiger partial charge in [-0.2, -0.15) is 5.26 Å². The number of benzene rings is 1. The minimum atomic E-state index is -0.677. The highest BCUT2D eigenvalue weighted by Crippen LogP contribution is 2.27. The van der Waals surface area contributed by atoms with Gasteiger partial charge in [0.25, 0.3) is 0 Å². The molecule has 0 spiro atoms. The Balaban J connectivity index is 2.24. The highest BCUT2D eigenvalue weighted by atomic mass is 16.2. The first-order valence-electron chi connectivity index (χ1n) is 6.92. The van der Waals surface area contributed by atoms with Gasteiger partial charge in [0.2, 0.25) is 5.91 Å². The number of hydrogen-bond donors (Lipinski definition) is 0. The number of nitrogens with zero attached hydrogens (tertiary/aromatic N) is 2. The standard InChI is InChI=1S/C16H20N2O/c1-12-7-6-8-13(2)18(12)16(19)15(11-17)14-9-4-3-5-10-14/h3-5,9-10,12-13,15H,6-8H2,1-2H3/t12-,13+,15?. The Labute approximate surface area is 114 Å². The van der Waals surface area contributed by atoms with Gasteiger partial charge in [0.15, 0.2) is 0 Å². The second-order valence-electron chi connectivity index (χ2n) is 5.35. The van der Waals surface area contributed by atoms with Crippen molar-refractivity contribution in [2.75, 3.05) is 0 Å². The third kappa shape index (κ3) is 2.78. The summed E-state index contributed by atoms with van der Waals surface area (Å²) in [6.45, 7) is 4.15. The zero-order valence-corrected chi connectivity index (χ0v) is 11.5. The van der Waals surface area contributed by atoms with E-state index in [0.717, 1.165) is 24.8 Å². The van der Waals surface area contributed by atoms with Crippen molar-refractivity contribution in [2.24, 2.45) is 0 Å². The lowest BCUT2D eigenvalue weighted by Crippen LogP contribution is -2.49. The summed E-state index contributed by atoms with van der Waals surface area (Å²) >= 11 is 0. The molecule has 1 fully saturated rings. The molecule has 0 aromatic heterocycles. The molecule has 0 N–H and O–H groups in total. The summed E-state index contributed by atoms with van der Waals surface area (Å²) in [7, 11) is 0. The van der Waals surface area contributed by atoms with E-state index in [0.29, 0.717) is 0 Å². The number of likely N-dealkylation sites (tertiary alicyclic amines) is 1. The van der Waals surface area contributed by atoms with E-state index in [1.165, 1.54) is 0 Å². The Kier molecular flexibility index (Phi) is 4.21. The Morgan fingerprint density at radius 1 is 1.26 bits per heavy atom. The number of carbonyl (C=O) groups is 1. The molecule has 1 aliphatic heterocycles. The fraction of sp³-hybridized carbons (Fsp3) is 0.500. The summed E-state index contributed by atoms with van der Waals surface area (Å²) in [4.78, 5) is 14.6. The van der Waals surface area contributed by atoms with Gasteiger partial charge >= 0.3 is 0 Å². The monoisotopic (exact) mass is 256 g/mol. The molecule has 1 amide bonds. The average molecular weight is 256 g/mol. The van der Waals surface area contributed by atoms with Crippen LogP contribution in [0, 0.1) is 11.3 Å². The molecule has 0 saturated carbocycles. The highest BCUT2D eigenvalue weighted by molar-refractivity contribution is 5.87. The zero-order valence-electron chi connectivity index (χ0n) is 11.5. The zero-order chi connectivity index (χ0) is 13.8. The lowest BCUT2D eigenvalue weighted by atomic mass is 9.92. The van der Waals surface area contributed by atoms with Crippen LogP contribution >= 0.6 is 0 Å². The van der Waals surface area contributed by atoms with Crippen LogP contribution in [0.4, 0.5) is 0 Å². The predicted octanol–water partition coefficient (Wildman–Crippen LogP) is 3.08. The van der Waals surface area contributed by atoms with Crippen LogP contribution in [0.1, 0.15) is 44.6 Å². The molecule has 1 aromatic carbocycles. The Hall–Kier alpha value is -1.82. The topological polar surface area (TPSA) is 44.1 Å². The first-order valence-corrected chi connectivity index (χ1v) is 6.92. The summed E-state index contributed by atoms with van der Waals surface area (Å²) in [5.74, 6) is -0.724. The van der Waals surface area contributed by atoms with Crippen molar-refractivity contribution < 1.29 is 4.79 Å². The Morgan fingerprint density at radius 2 is 1.84 bits per heavy atom.